The van der Waals surface area contributed by atoms with Crippen LogP contribution in [0, 0.1) is 5.92 Å². The molecule has 1 fully saturated rings. The fourth-order valence-electron chi connectivity index (χ4n) is 2.92. The molecule has 1 saturated carbocycles. The minimum atomic E-state index is 0.220. The van der Waals surface area contributed by atoms with Crippen LogP contribution in [0.15, 0.2) is 28.8 Å². The lowest BCUT2D eigenvalue weighted by Gasteiger charge is -2.09. The number of nitrogens with zero attached hydrogens (tertiary/aromatic N) is 2. The minimum Gasteiger partial charge on any atom is -0.508 e. The van der Waals surface area contributed by atoms with E-state index in [1.54, 1.807) is 18.2 Å². The van der Waals surface area contributed by atoms with Crippen molar-refractivity contribution in [3.63, 3.8) is 0 Å². The molecule has 0 unspecified atom stereocenters. The Morgan fingerprint density at radius 3 is 2.70 bits per heavy atom. The van der Waals surface area contributed by atoms with Crippen LogP contribution in [0.5, 0.6) is 5.75 Å². The molecule has 1 aliphatic carbocycles. The molecular weight excluding hydrogens is 252 g/mol. The van der Waals surface area contributed by atoms with Crippen LogP contribution in [0.3, 0.4) is 0 Å². The van der Waals surface area contributed by atoms with E-state index in [0.717, 1.165) is 17.9 Å². The van der Waals surface area contributed by atoms with E-state index in [4.69, 9.17) is 4.52 Å². The van der Waals surface area contributed by atoms with Crippen molar-refractivity contribution in [2.45, 2.75) is 44.9 Å². The van der Waals surface area contributed by atoms with Gasteiger partial charge in [-0.2, -0.15) is 4.98 Å². The SMILES string of the molecule is Oc1cccc(-c2noc(CC3CCCCCC3)n2)c1. The fraction of sp³-hybridized carbons (Fsp3) is 0.500. The molecule has 1 aliphatic rings. The van der Waals surface area contributed by atoms with Gasteiger partial charge in [0, 0.05) is 12.0 Å². The number of hydrogen-bond donors (Lipinski definition) is 1. The third-order valence-corrected chi connectivity index (χ3v) is 4.01. The van der Waals surface area contributed by atoms with Gasteiger partial charge in [0.25, 0.3) is 0 Å². The Morgan fingerprint density at radius 2 is 1.95 bits per heavy atom. The van der Waals surface area contributed by atoms with Crippen LogP contribution in [0.4, 0.5) is 0 Å². The summed E-state index contributed by atoms with van der Waals surface area (Å²) in [6.07, 6.45) is 8.76. The number of hydrogen-bond acceptors (Lipinski definition) is 4. The molecular formula is C16H20N2O2. The van der Waals surface area contributed by atoms with Gasteiger partial charge in [-0.1, -0.05) is 43.0 Å². The van der Waals surface area contributed by atoms with E-state index >= 15 is 0 Å². The summed E-state index contributed by atoms with van der Waals surface area (Å²) in [5.74, 6) is 2.17. The number of phenolic OH excluding ortho intramolecular Hbond substituents is 1. The first-order valence-electron chi connectivity index (χ1n) is 7.43. The van der Waals surface area contributed by atoms with E-state index in [1.807, 2.05) is 6.07 Å². The summed E-state index contributed by atoms with van der Waals surface area (Å²) in [4.78, 5) is 4.46. The van der Waals surface area contributed by atoms with Gasteiger partial charge < -0.3 is 9.63 Å². The molecule has 0 spiro atoms. The van der Waals surface area contributed by atoms with Gasteiger partial charge >= 0.3 is 0 Å². The van der Waals surface area contributed by atoms with Crippen molar-refractivity contribution in [2.75, 3.05) is 0 Å². The van der Waals surface area contributed by atoms with Crippen molar-refractivity contribution in [1.82, 2.24) is 10.1 Å². The highest BCUT2D eigenvalue weighted by Gasteiger charge is 2.17. The molecule has 106 valence electrons. The molecule has 2 aromatic rings. The molecule has 0 atom stereocenters. The summed E-state index contributed by atoms with van der Waals surface area (Å²) in [6, 6.07) is 6.95. The largest absolute Gasteiger partial charge is 0.508 e. The number of benzene rings is 1. The van der Waals surface area contributed by atoms with Gasteiger partial charge in [-0.25, -0.2) is 0 Å². The van der Waals surface area contributed by atoms with Crippen LogP contribution in [-0.2, 0) is 6.42 Å². The molecule has 1 aromatic heterocycles. The van der Waals surface area contributed by atoms with Crippen molar-refractivity contribution in [3.05, 3.63) is 30.2 Å². The lowest BCUT2D eigenvalue weighted by atomic mass is 9.97. The maximum Gasteiger partial charge on any atom is 0.227 e. The van der Waals surface area contributed by atoms with Crippen molar-refractivity contribution in [1.29, 1.82) is 0 Å². The molecule has 1 heterocycles. The van der Waals surface area contributed by atoms with Gasteiger partial charge in [0.15, 0.2) is 0 Å². The van der Waals surface area contributed by atoms with Crippen LogP contribution < -0.4 is 0 Å². The Bertz CT molecular complexity index is 557. The topological polar surface area (TPSA) is 59.2 Å². The number of phenols is 1. The van der Waals surface area contributed by atoms with Crippen molar-refractivity contribution >= 4 is 0 Å². The molecule has 1 N–H and O–H groups in total. The van der Waals surface area contributed by atoms with Crippen LogP contribution in [-0.4, -0.2) is 15.2 Å². The van der Waals surface area contributed by atoms with Gasteiger partial charge in [-0.15, -0.1) is 0 Å². The lowest BCUT2D eigenvalue weighted by Crippen LogP contribution is -2.03. The fourth-order valence-corrected chi connectivity index (χ4v) is 2.92. The molecule has 3 rings (SSSR count). The highest BCUT2D eigenvalue weighted by atomic mass is 16.5. The summed E-state index contributed by atoms with van der Waals surface area (Å²) < 4.78 is 5.36. The van der Waals surface area contributed by atoms with Gasteiger partial charge in [0.2, 0.25) is 11.7 Å². The molecule has 0 aliphatic heterocycles. The molecule has 4 nitrogen and oxygen atoms in total. The Hall–Kier alpha value is -1.84. The smallest absolute Gasteiger partial charge is 0.227 e. The second kappa shape index (κ2) is 6.07. The van der Waals surface area contributed by atoms with E-state index in [1.165, 1.54) is 38.5 Å². The van der Waals surface area contributed by atoms with Crippen molar-refractivity contribution in [2.24, 2.45) is 5.92 Å². The molecule has 20 heavy (non-hydrogen) atoms. The second-order valence-corrected chi connectivity index (χ2v) is 5.62. The number of aromatic nitrogens is 2. The monoisotopic (exact) mass is 272 g/mol. The second-order valence-electron chi connectivity index (χ2n) is 5.62. The third kappa shape index (κ3) is 3.18. The van der Waals surface area contributed by atoms with Gasteiger partial charge in [0.05, 0.1) is 0 Å². The summed E-state index contributed by atoms with van der Waals surface area (Å²) in [7, 11) is 0. The Labute approximate surface area is 118 Å². The Morgan fingerprint density at radius 1 is 1.15 bits per heavy atom. The highest BCUT2D eigenvalue weighted by Crippen LogP contribution is 2.26. The van der Waals surface area contributed by atoms with E-state index in [2.05, 4.69) is 10.1 Å². The lowest BCUT2D eigenvalue weighted by molar-refractivity contribution is 0.339. The summed E-state index contributed by atoms with van der Waals surface area (Å²) in [6.45, 7) is 0. The molecule has 4 heteroatoms. The average Bonchev–Trinajstić information content (AvgIpc) is 2.75. The zero-order valence-corrected chi connectivity index (χ0v) is 11.6. The Kier molecular flexibility index (Phi) is 4.00. The standard InChI is InChI=1S/C16H20N2O2/c19-14-9-5-8-13(11-14)16-17-15(20-18-16)10-12-6-3-1-2-4-7-12/h5,8-9,11-12,19H,1-4,6-7,10H2. The zero-order chi connectivity index (χ0) is 13.8. The highest BCUT2D eigenvalue weighted by molar-refractivity contribution is 5.56. The van der Waals surface area contributed by atoms with Crippen LogP contribution in [0.2, 0.25) is 0 Å². The Balaban J connectivity index is 1.70. The van der Waals surface area contributed by atoms with Crippen LogP contribution in [0.1, 0.15) is 44.4 Å². The quantitative estimate of drug-likeness (QED) is 0.859. The van der Waals surface area contributed by atoms with Gasteiger partial charge in [0.1, 0.15) is 5.75 Å². The van der Waals surface area contributed by atoms with Gasteiger partial charge in [-0.05, 0) is 30.9 Å². The van der Waals surface area contributed by atoms with Crippen molar-refractivity contribution in [3.8, 4) is 17.1 Å². The summed E-state index contributed by atoms with van der Waals surface area (Å²) in [5, 5.41) is 13.5. The third-order valence-electron chi connectivity index (χ3n) is 4.01. The zero-order valence-electron chi connectivity index (χ0n) is 11.6. The first-order valence-corrected chi connectivity index (χ1v) is 7.43. The molecule has 0 saturated heterocycles. The first-order chi connectivity index (χ1) is 9.81. The van der Waals surface area contributed by atoms with Gasteiger partial charge in [-0.3, -0.25) is 0 Å². The summed E-state index contributed by atoms with van der Waals surface area (Å²) >= 11 is 0. The predicted molar refractivity (Wildman–Crippen MR) is 76.3 cm³/mol. The average molecular weight is 272 g/mol. The molecule has 0 amide bonds. The maximum atomic E-state index is 9.49. The van der Waals surface area contributed by atoms with E-state index in [0.29, 0.717) is 11.7 Å². The normalized spacial score (nSPS) is 17.0. The van der Waals surface area contributed by atoms with E-state index in [9.17, 15) is 5.11 Å². The first kappa shape index (κ1) is 13.2. The van der Waals surface area contributed by atoms with Crippen LogP contribution in [0.25, 0.3) is 11.4 Å². The number of rotatable bonds is 3. The minimum absolute atomic E-state index is 0.220. The summed E-state index contributed by atoms with van der Waals surface area (Å²) in [5.41, 5.74) is 0.792. The molecule has 1 aromatic carbocycles. The molecule has 0 bridgehead atoms. The molecule has 0 radical (unpaired) electrons. The van der Waals surface area contributed by atoms with E-state index in [-0.39, 0.29) is 5.75 Å². The predicted octanol–water partition coefficient (Wildman–Crippen LogP) is 3.96. The van der Waals surface area contributed by atoms with E-state index < -0.39 is 0 Å². The number of aromatic hydroxyl groups is 1. The van der Waals surface area contributed by atoms with Crippen molar-refractivity contribution < 1.29 is 9.63 Å². The van der Waals surface area contributed by atoms with Crippen LogP contribution >= 0.6 is 0 Å². The maximum absolute atomic E-state index is 9.49.